The normalized spacial score (nSPS) is 13.1. The fourth-order valence-electron chi connectivity index (χ4n) is 9.81. The molecule has 9 aromatic carbocycles. The molecule has 0 radical (unpaired) electrons. The number of aromatic nitrogens is 3. The zero-order valence-corrected chi connectivity index (χ0v) is 30.9. The van der Waals surface area contributed by atoms with Crippen LogP contribution < -0.4 is 0 Å². The highest BCUT2D eigenvalue weighted by Gasteiger charge is 2.52. The standard InChI is InChI=1S/C54H33N3/c1-3-21-38-34(15-1)17-12-28-45(38)52-55-51(56-53(57-52)46-29-13-18-35-16-2-4-22-39(35)46)37-20-11-19-36(33-37)40-26-14-27-44-43-25-7-10-32-49(43)54(50(40)44)47-30-8-5-23-41(47)42-24-6-9-31-48(42)54/h1-33H. The summed E-state index contributed by atoms with van der Waals surface area (Å²) < 4.78 is 0. The van der Waals surface area contributed by atoms with E-state index in [1.807, 2.05) is 0 Å². The predicted octanol–water partition coefficient (Wildman–Crippen LogP) is 13.2. The first kappa shape index (κ1) is 31.8. The van der Waals surface area contributed by atoms with E-state index in [0.29, 0.717) is 17.5 Å². The highest BCUT2D eigenvalue weighted by molar-refractivity contribution is 6.00. The van der Waals surface area contributed by atoms with E-state index in [4.69, 9.17) is 15.0 Å². The van der Waals surface area contributed by atoms with Gasteiger partial charge in [0.05, 0.1) is 5.41 Å². The van der Waals surface area contributed by atoms with Crippen molar-refractivity contribution in [2.45, 2.75) is 5.41 Å². The Kier molecular flexibility index (Phi) is 6.84. The summed E-state index contributed by atoms with van der Waals surface area (Å²) in [7, 11) is 0. The van der Waals surface area contributed by atoms with Crippen molar-refractivity contribution in [1.29, 1.82) is 0 Å². The van der Waals surface area contributed by atoms with Gasteiger partial charge in [-0.3, -0.25) is 0 Å². The Balaban J connectivity index is 1.10. The predicted molar refractivity (Wildman–Crippen MR) is 233 cm³/mol. The fourth-order valence-corrected chi connectivity index (χ4v) is 9.81. The SMILES string of the molecule is c1cc(-c2nc(-c3cccc4ccccc34)nc(-c3cccc4ccccc34)n2)cc(-c2cccc3c2C2(c4ccccc4-c4ccccc42)c2ccccc2-3)c1. The highest BCUT2D eigenvalue weighted by atomic mass is 15.0. The average molecular weight is 724 g/mol. The van der Waals surface area contributed by atoms with Crippen molar-refractivity contribution >= 4 is 21.5 Å². The van der Waals surface area contributed by atoms with Crippen LogP contribution in [0.2, 0.25) is 0 Å². The van der Waals surface area contributed by atoms with Gasteiger partial charge in [-0.1, -0.05) is 194 Å². The zero-order valence-electron chi connectivity index (χ0n) is 30.9. The summed E-state index contributed by atoms with van der Waals surface area (Å²) in [6, 6.07) is 72.1. The van der Waals surface area contributed by atoms with E-state index < -0.39 is 5.41 Å². The number of benzene rings is 9. The zero-order chi connectivity index (χ0) is 37.5. The molecule has 1 aromatic heterocycles. The van der Waals surface area contributed by atoms with E-state index in [0.717, 1.165) is 43.8 Å². The van der Waals surface area contributed by atoms with Crippen LogP contribution in [0.4, 0.5) is 0 Å². The first-order valence-electron chi connectivity index (χ1n) is 19.5. The molecule has 0 N–H and O–H groups in total. The van der Waals surface area contributed by atoms with E-state index in [1.54, 1.807) is 0 Å². The second-order valence-electron chi connectivity index (χ2n) is 15.1. The van der Waals surface area contributed by atoms with Gasteiger partial charge in [0, 0.05) is 16.7 Å². The Bertz CT molecular complexity index is 3100. The molecule has 0 atom stereocenters. The van der Waals surface area contributed by atoms with Crippen LogP contribution in [0.3, 0.4) is 0 Å². The first-order chi connectivity index (χ1) is 28.3. The summed E-state index contributed by atoms with van der Waals surface area (Å²) in [5, 5.41) is 4.51. The molecule has 2 aliphatic rings. The molecule has 10 aromatic rings. The van der Waals surface area contributed by atoms with Gasteiger partial charge in [-0.2, -0.15) is 0 Å². The van der Waals surface area contributed by atoms with Crippen molar-refractivity contribution in [2.24, 2.45) is 0 Å². The highest BCUT2D eigenvalue weighted by Crippen LogP contribution is 2.64. The number of rotatable bonds is 4. The molecule has 0 saturated heterocycles. The third kappa shape index (κ3) is 4.57. The van der Waals surface area contributed by atoms with Crippen LogP contribution in [0.5, 0.6) is 0 Å². The third-order valence-electron chi connectivity index (χ3n) is 12.1. The lowest BCUT2D eigenvalue weighted by Crippen LogP contribution is -2.26. The summed E-state index contributed by atoms with van der Waals surface area (Å²) in [5.74, 6) is 1.94. The molecule has 0 fully saturated rings. The lowest BCUT2D eigenvalue weighted by atomic mass is 9.68. The summed E-state index contributed by atoms with van der Waals surface area (Å²) in [6.45, 7) is 0. The minimum Gasteiger partial charge on any atom is -0.208 e. The van der Waals surface area contributed by atoms with Crippen molar-refractivity contribution in [1.82, 2.24) is 15.0 Å². The van der Waals surface area contributed by atoms with Gasteiger partial charge in [-0.25, -0.2) is 15.0 Å². The van der Waals surface area contributed by atoms with E-state index in [-0.39, 0.29) is 0 Å². The molecule has 0 amide bonds. The number of fused-ring (bicyclic) bond motifs is 12. The molecule has 3 nitrogen and oxygen atoms in total. The van der Waals surface area contributed by atoms with E-state index in [9.17, 15) is 0 Å². The number of hydrogen-bond donors (Lipinski definition) is 0. The summed E-state index contributed by atoms with van der Waals surface area (Å²) in [4.78, 5) is 15.8. The Morgan fingerprint density at radius 3 is 1.26 bits per heavy atom. The third-order valence-corrected chi connectivity index (χ3v) is 12.1. The Labute approximate surface area is 330 Å². The van der Waals surface area contributed by atoms with Crippen LogP contribution in [0.25, 0.3) is 89.1 Å². The number of nitrogens with zero attached hydrogens (tertiary/aromatic N) is 3. The minimum absolute atomic E-state index is 0.456. The first-order valence-corrected chi connectivity index (χ1v) is 19.5. The van der Waals surface area contributed by atoms with Crippen LogP contribution in [0.1, 0.15) is 22.3 Å². The van der Waals surface area contributed by atoms with Crippen molar-refractivity contribution in [3.8, 4) is 67.5 Å². The lowest BCUT2D eigenvalue weighted by molar-refractivity contribution is 0.796. The number of hydrogen-bond acceptors (Lipinski definition) is 3. The summed E-state index contributed by atoms with van der Waals surface area (Å²) >= 11 is 0. The van der Waals surface area contributed by atoms with E-state index in [1.165, 1.54) is 50.1 Å². The Hall–Kier alpha value is -7.49. The van der Waals surface area contributed by atoms with Gasteiger partial charge < -0.3 is 0 Å². The van der Waals surface area contributed by atoms with Gasteiger partial charge in [-0.05, 0) is 83.2 Å². The Morgan fingerprint density at radius 1 is 0.281 bits per heavy atom. The molecule has 1 heterocycles. The van der Waals surface area contributed by atoms with Crippen molar-refractivity contribution in [3.63, 3.8) is 0 Å². The molecule has 0 unspecified atom stereocenters. The van der Waals surface area contributed by atoms with Crippen LogP contribution in [-0.2, 0) is 5.41 Å². The van der Waals surface area contributed by atoms with Crippen molar-refractivity contribution < 1.29 is 0 Å². The molecule has 0 saturated carbocycles. The molecule has 57 heavy (non-hydrogen) atoms. The monoisotopic (exact) mass is 723 g/mol. The maximum Gasteiger partial charge on any atom is 0.164 e. The molecule has 2 aliphatic carbocycles. The van der Waals surface area contributed by atoms with Gasteiger partial charge in [0.25, 0.3) is 0 Å². The van der Waals surface area contributed by atoms with Crippen molar-refractivity contribution in [3.05, 3.63) is 222 Å². The second kappa shape index (κ2) is 12.3. The molecule has 12 rings (SSSR count). The molecule has 0 bridgehead atoms. The van der Waals surface area contributed by atoms with E-state index >= 15 is 0 Å². The lowest BCUT2D eigenvalue weighted by Gasteiger charge is -2.32. The molecule has 0 aliphatic heterocycles. The van der Waals surface area contributed by atoms with Gasteiger partial charge in [0.15, 0.2) is 17.5 Å². The van der Waals surface area contributed by atoms with Gasteiger partial charge in [0.1, 0.15) is 0 Å². The van der Waals surface area contributed by atoms with Crippen LogP contribution in [0.15, 0.2) is 200 Å². The largest absolute Gasteiger partial charge is 0.208 e. The molecular weight excluding hydrogens is 691 g/mol. The summed E-state index contributed by atoms with van der Waals surface area (Å²) in [6.07, 6.45) is 0. The van der Waals surface area contributed by atoms with Crippen molar-refractivity contribution in [2.75, 3.05) is 0 Å². The van der Waals surface area contributed by atoms with Gasteiger partial charge >= 0.3 is 0 Å². The molecule has 3 heteroatoms. The maximum absolute atomic E-state index is 5.28. The average Bonchev–Trinajstić information content (AvgIpc) is 3.76. The second-order valence-corrected chi connectivity index (χ2v) is 15.1. The smallest absolute Gasteiger partial charge is 0.164 e. The molecule has 1 spiro atoms. The molecular formula is C54H33N3. The van der Waals surface area contributed by atoms with Crippen LogP contribution in [0, 0.1) is 0 Å². The Morgan fingerprint density at radius 2 is 0.667 bits per heavy atom. The summed E-state index contributed by atoms with van der Waals surface area (Å²) in [5.41, 5.74) is 15.2. The van der Waals surface area contributed by atoms with Crippen LogP contribution >= 0.6 is 0 Å². The maximum atomic E-state index is 5.28. The van der Waals surface area contributed by atoms with Gasteiger partial charge in [-0.15, -0.1) is 0 Å². The topological polar surface area (TPSA) is 38.7 Å². The fraction of sp³-hybridized carbons (Fsp3) is 0.0185. The quantitative estimate of drug-likeness (QED) is 0.181. The minimum atomic E-state index is -0.456. The molecule has 264 valence electrons. The van der Waals surface area contributed by atoms with Gasteiger partial charge in [0.2, 0.25) is 0 Å². The van der Waals surface area contributed by atoms with E-state index in [2.05, 4.69) is 200 Å². The van der Waals surface area contributed by atoms with Crippen LogP contribution in [-0.4, -0.2) is 15.0 Å².